The molecule has 96 valence electrons. The van der Waals surface area contributed by atoms with Crippen LogP contribution in [0.2, 0.25) is 0 Å². The summed E-state index contributed by atoms with van der Waals surface area (Å²) in [5.74, 6) is 1.42. The fourth-order valence-electron chi connectivity index (χ4n) is 2.27. The van der Waals surface area contributed by atoms with Crippen LogP contribution in [0, 0.1) is 6.92 Å². The predicted molar refractivity (Wildman–Crippen MR) is 73.9 cm³/mol. The van der Waals surface area contributed by atoms with Gasteiger partial charge in [0.25, 0.3) is 0 Å². The monoisotopic (exact) mass is 253 g/mol. The van der Waals surface area contributed by atoms with E-state index in [0.29, 0.717) is 12.2 Å². The van der Waals surface area contributed by atoms with Gasteiger partial charge in [-0.05, 0) is 36.8 Å². The van der Waals surface area contributed by atoms with Gasteiger partial charge < -0.3 is 9.52 Å². The molecule has 0 aliphatic heterocycles. The topological polar surface area (TPSA) is 46.3 Å². The Morgan fingerprint density at radius 3 is 2.79 bits per heavy atom. The number of benzene rings is 1. The molecule has 1 atom stereocenters. The van der Waals surface area contributed by atoms with Gasteiger partial charge in [-0.15, -0.1) is 0 Å². The number of rotatable bonds is 3. The number of aliphatic hydroxyl groups is 1. The average molecular weight is 253 g/mol. The molecule has 2 aromatic heterocycles. The normalized spacial score (nSPS) is 12.7. The first-order valence-electron chi connectivity index (χ1n) is 6.31. The first kappa shape index (κ1) is 11.9. The second-order valence-electron chi connectivity index (χ2n) is 4.66. The van der Waals surface area contributed by atoms with E-state index in [2.05, 4.69) is 4.98 Å². The van der Waals surface area contributed by atoms with Gasteiger partial charge in [-0.1, -0.05) is 18.2 Å². The molecular formula is C16H15NO2. The van der Waals surface area contributed by atoms with Gasteiger partial charge in [0.2, 0.25) is 0 Å². The van der Waals surface area contributed by atoms with Crippen molar-refractivity contribution in [1.82, 2.24) is 4.98 Å². The molecule has 3 rings (SSSR count). The van der Waals surface area contributed by atoms with E-state index < -0.39 is 6.10 Å². The zero-order chi connectivity index (χ0) is 13.2. The summed E-state index contributed by atoms with van der Waals surface area (Å²) in [4.78, 5) is 4.32. The van der Waals surface area contributed by atoms with Gasteiger partial charge in [0.1, 0.15) is 17.6 Å². The molecule has 1 aromatic carbocycles. The van der Waals surface area contributed by atoms with Gasteiger partial charge in [0.15, 0.2) is 0 Å². The van der Waals surface area contributed by atoms with Crippen LogP contribution in [0.15, 0.2) is 53.1 Å². The summed E-state index contributed by atoms with van der Waals surface area (Å²) in [6, 6.07) is 13.6. The van der Waals surface area contributed by atoms with Crippen LogP contribution in [0.5, 0.6) is 0 Å². The van der Waals surface area contributed by atoms with Crippen LogP contribution in [0.25, 0.3) is 10.9 Å². The Hall–Kier alpha value is -2.13. The summed E-state index contributed by atoms with van der Waals surface area (Å²) in [5.41, 5.74) is 2.02. The number of nitrogens with zero attached hydrogens (tertiary/aromatic N) is 1. The van der Waals surface area contributed by atoms with Gasteiger partial charge >= 0.3 is 0 Å². The highest BCUT2D eigenvalue weighted by atomic mass is 16.4. The molecule has 0 fully saturated rings. The van der Waals surface area contributed by atoms with Crippen molar-refractivity contribution in [2.75, 3.05) is 0 Å². The van der Waals surface area contributed by atoms with Crippen LogP contribution < -0.4 is 0 Å². The highest BCUT2D eigenvalue weighted by Crippen LogP contribution is 2.24. The number of aryl methyl sites for hydroxylation is 1. The van der Waals surface area contributed by atoms with Crippen LogP contribution in [-0.2, 0) is 6.42 Å². The molecule has 0 aliphatic rings. The van der Waals surface area contributed by atoms with Crippen molar-refractivity contribution in [3.8, 4) is 0 Å². The van der Waals surface area contributed by atoms with Crippen LogP contribution in [0.4, 0.5) is 0 Å². The molecule has 0 spiro atoms. The molecule has 3 aromatic rings. The van der Waals surface area contributed by atoms with Crippen molar-refractivity contribution in [2.24, 2.45) is 0 Å². The molecule has 0 saturated carbocycles. The van der Waals surface area contributed by atoms with Crippen molar-refractivity contribution >= 4 is 10.9 Å². The minimum absolute atomic E-state index is 0.524. The lowest BCUT2D eigenvalue weighted by Crippen LogP contribution is -2.01. The highest BCUT2D eigenvalue weighted by Gasteiger charge is 2.14. The number of para-hydroxylation sites is 1. The van der Waals surface area contributed by atoms with Crippen LogP contribution in [0.1, 0.15) is 23.2 Å². The minimum Gasteiger partial charge on any atom is -0.464 e. The van der Waals surface area contributed by atoms with Gasteiger partial charge in [-0.3, -0.25) is 4.98 Å². The molecule has 0 saturated heterocycles. The Bertz CT molecular complexity index is 697. The molecule has 0 aliphatic carbocycles. The van der Waals surface area contributed by atoms with E-state index in [1.807, 2.05) is 49.4 Å². The maximum absolute atomic E-state index is 10.2. The molecule has 0 radical (unpaired) electrons. The third-order valence-corrected chi connectivity index (χ3v) is 3.24. The first-order chi connectivity index (χ1) is 9.24. The third-order valence-electron chi connectivity index (χ3n) is 3.24. The van der Waals surface area contributed by atoms with Crippen molar-refractivity contribution in [2.45, 2.75) is 19.4 Å². The maximum atomic E-state index is 10.2. The average Bonchev–Trinajstić information content (AvgIpc) is 2.86. The van der Waals surface area contributed by atoms with Gasteiger partial charge in [-0.2, -0.15) is 0 Å². The summed E-state index contributed by atoms with van der Waals surface area (Å²) in [6.45, 7) is 1.87. The summed E-state index contributed by atoms with van der Waals surface area (Å²) in [5, 5.41) is 11.3. The molecule has 3 heteroatoms. The Morgan fingerprint density at radius 2 is 2.00 bits per heavy atom. The molecule has 0 amide bonds. The molecule has 3 nitrogen and oxygen atoms in total. The van der Waals surface area contributed by atoms with E-state index in [4.69, 9.17) is 4.42 Å². The Kier molecular flexibility index (Phi) is 3.05. The number of pyridine rings is 1. The largest absolute Gasteiger partial charge is 0.464 e. The number of aromatic nitrogens is 1. The second kappa shape index (κ2) is 4.86. The number of hydrogen-bond acceptors (Lipinski definition) is 3. The highest BCUT2D eigenvalue weighted by molar-refractivity contribution is 5.81. The third kappa shape index (κ3) is 2.37. The van der Waals surface area contributed by atoms with Crippen LogP contribution in [-0.4, -0.2) is 10.1 Å². The quantitative estimate of drug-likeness (QED) is 0.778. The van der Waals surface area contributed by atoms with Crippen molar-refractivity contribution < 1.29 is 9.52 Å². The summed E-state index contributed by atoms with van der Waals surface area (Å²) >= 11 is 0. The van der Waals surface area contributed by atoms with Crippen LogP contribution >= 0.6 is 0 Å². The minimum atomic E-state index is -0.625. The van der Waals surface area contributed by atoms with Crippen LogP contribution in [0.3, 0.4) is 0 Å². The van der Waals surface area contributed by atoms with E-state index in [1.54, 1.807) is 6.20 Å². The standard InChI is InChI=1S/C16H15NO2/c1-11-6-7-16(19-11)15(18)10-12-8-9-17-14-5-3-2-4-13(12)14/h2-9,15,18H,10H2,1H3. The van der Waals surface area contributed by atoms with E-state index in [9.17, 15) is 5.11 Å². The van der Waals surface area contributed by atoms with Gasteiger partial charge in [-0.25, -0.2) is 0 Å². The summed E-state index contributed by atoms with van der Waals surface area (Å²) < 4.78 is 5.46. The number of furan rings is 1. The predicted octanol–water partition coefficient (Wildman–Crippen LogP) is 3.41. The lowest BCUT2D eigenvalue weighted by molar-refractivity contribution is 0.149. The second-order valence-corrected chi connectivity index (χ2v) is 4.66. The molecule has 2 heterocycles. The maximum Gasteiger partial charge on any atom is 0.132 e. The smallest absolute Gasteiger partial charge is 0.132 e. The molecule has 0 bridgehead atoms. The number of aliphatic hydroxyl groups excluding tert-OH is 1. The number of hydrogen-bond donors (Lipinski definition) is 1. The van der Waals surface area contributed by atoms with Gasteiger partial charge in [0, 0.05) is 18.0 Å². The zero-order valence-corrected chi connectivity index (χ0v) is 10.7. The van der Waals surface area contributed by atoms with E-state index in [-0.39, 0.29) is 0 Å². The Labute approximate surface area is 111 Å². The zero-order valence-electron chi connectivity index (χ0n) is 10.7. The molecular weight excluding hydrogens is 238 g/mol. The number of fused-ring (bicyclic) bond motifs is 1. The fourth-order valence-corrected chi connectivity index (χ4v) is 2.27. The molecule has 1 N–H and O–H groups in total. The summed E-state index contributed by atoms with van der Waals surface area (Å²) in [6.07, 6.45) is 1.67. The SMILES string of the molecule is Cc1ccc(C(O)Cc2ccnc3ccccc23)o1. The van der Waals surface area contributed by atoms with Crippen molar-refractivity contribution in [3.05, 3.63) is 65.7 Å². The Morgan fingerprint density at radius 1 is 1.16 bits per heavy atom. The fraction of sp³-hybridized carbons (Fsp3) is 0.188. The lowest BCUT2D eigenvalue weighted by atomic mass is 10.0. The van der Waals surface area contributed by atoms with E-state index >= 15 is 0 Å². The first-order valence-corrected chi connectivity index (χ1v) is 6.31. The molecule has 19 heavy (non-hydrogen) atoms. The van der Waals surface area contributed by atoms with Gasteiger partial charge in [0.05, 0.1) is 5.52 Å². The molecule has 1 unspecified atom stereocenters. The lowest BCUT2D eigenvalue weighted by Gasteiger charge is -2.10. The van der Waals surface area contributed by atoms with E-state index in [1.165, 1.54) is 0 Å². The Balaban J connectivity index is 1.93. The summed E-state index contributed by atoms with van der Waals surface area (Å²) in [7, 11) is 0. The van der Waals surface area contributed by atoms with E-state index in [0.717, 1.165) is 22.2 Å². The van der Waals surface area contributed by atoms with Crippen molar-refractivity contribution in [1.29, 1.82) is 0 Å². The van der Waals surface area contributed by atoms with Crippen molar-refractivity contribution in [3.63, 3.8) is 0 Å².